The van der Waals surface area contributed by atoms with E-state index in [-0.39, 0.29) is 11.7 Å². The van der Waals surface area contributed by atoms with Crippen molar-refractivity contribution in [1.29, 1.82) is 0 Å². The quantitative estimate of drug-likeness (QED) is 0.598. The van der Waals surface area contributed by atoms with Crippen molar-refractivity contribution in [3.05, 3.63) is 57.6 Å². The summed E-state index contributed by atoms with van der Waals surface area (Å²) in [7, 11) is 0. The molecular formula is C18H16Cl2F3N5. The smallest absolute Gasteiger partial charge is 0.298 e. The van der Waals surface area contributed by atoms with Crippen LogP contribution in [0.5, 0.6) is 0 Å². The minimum atomic E-state index is -4.53. The van der Waals surface area contributed by atoms with E-state index >= 15 is 0 Å². The van der Waals surface area contributed by atoms with E-state index in [9.17, 15) is 13.2 Å². The van der Waals surface area contributed by atoms with Crippen molar-refractivity contribution >= 4 is 29.0 Å². The number of piperidine rings is 1. The summed E-state index contributed by atoms with van der Waals surface area (Å²) in [5, 5.41) is 4.79. The van der Waals surface area contributed by atoms with Crippen LogP contribution in [0, 0.1) is 0 Å². The Morgan fingerprint density at radius 3 is 2.75 bits per heavy atom. The number of hydrogen-bond acceptors (Lipinski definition) is 4. The van der Waals surface area contributed by atoms with Gasteiger partial charge in [-0.15, -0.1) is 0 Å². The number of nitrogens with zero attached hydrogens (tertiary/aromatic N) is 5. The summed E-state index contributed by atoms with van der Waals surface area (Å²) in [4.78, 5) is 10.3. The van der Waals surface area contributed by atoms with Crippen molar-refractivity contribution in [3.8, 4) is 0 Å². The second-order valence-electron chi connectivity index (χ2n) is 6.85. The van der Waals surface area contributed by atoms with E-state index < -0.39 is 11.9 Å². The Morgan fingerprint density at radius 1 is 1.18 bits per heavy atom. The zero-order valence-corrected chi connectivity index (χ0v) is 16.1. The van der Waals surface area contributed by atoms with Gasteiger partial charge in [-0.05, 0) is 43.1 Å². The summed E-state index contributed by atoms with van der Waals surface area (Å²) in [5.41, 5.74) is 0.464. The van der Waals surface area contributed by atoms with Gasteiger partial charge in [-0.2, -0.15) is 27.8 Å². The Morgan fingerprint density at radius 2 is 2.00 bits per heavy atom. The van der Waals surface area contributed by atoms with E-state index in [1.807, 2.05) is 6.07 Å². The maximum absolute atomic E-state index is 13.4. The first-order chi connectivity index (χ1) is 13.3. The van der Waals surface area contributed by atoms with Gasteiger partial charge in [-0.3, -0.25) is 4.90 Å². The van der Waals surface area contributed by atoms with Crippen molar-refractivity contribution in [3.63, 3.8) is 0 Å². The molecule has 1 fully saturated rings. The maximum atomic E-state index is 13.4. The number of fused-ring (bicyclic) bond motifs is 1. The molecule has 1 saturated heterocycles. The van der Waals surface area contributed by atoms with E-state index in [1.54, 1.807) is 12.1 Å². The molecule has 1 aliphatic heterocycles. The van der Waals surface area contributed by atoms with Crippen LogP contribution in [0.3, 0.4) is 0 Å². The van der Waals surface area contributed by atoms with Gasteiger partial charge in [0.1, 0.15) is 6.33 Å². The highest BCUT2D eigenvalue weighted by Gasteiger charge is 2.36. The Kier molecular flexibility index (Phi) is 5.20. The topological polar surface area (TPSA) is 46.3 Å². The molecule has 2 aromatic heterocycles. The monoisotopic (exact) mass is 429 g/mol. The van der Waals surface area contributed by atoms with E-state index in [0.717, 1.165) is 41.9 Å². The molecule has 0 radical (unpaired) electrons. The fraction of sp³-hybridized carbons (Fsp3) is 0.389. The molecule has 4 rings (SSSR count). The van der Waals surface area contributed by atoms with Crippen LogP contribution in [0.15, 0.2) is 30.6 Å². The van der Waals surface area contributed by atoms with Gasteiger partial charge >= 0.3 is 6.18 Å². The maximum Gasteiger partial charge on any atom is 0.433 e. The molecule has 0 saturated carbocycles. The number of alkyl halides is 3. The lowest BCUT2D eigenvalue weighted by Crippen LogP contribution is -2.34. The molecule has 1 aliphatic rings. The van der Waals surface area contributed by atoms with Crippen molar-refractivity contribution < 1.29 is 13.2 Å². The van der Waals surface area contributed by atoms with Gasteiger partial charge in [0.25, 0.3) is 5.78 Å². The first kappa shape index (κ1) is 19.4. The van der Waals surface area contributed by atoms with Gasteiger partial charge in [-0.25, -0.2) is 4.98 Å². The van der Waals surface area contributed by atoms with Gasteiger partial charge in [0.2, 0.25) is 0 Å². The summed E-state index contributed by atoms with van der Waals surface area (Å²) in [6, 6.07) is 6.43. The SMILES string of the molecule is FC(F)(F)c1cc([C@H]2CCCN(Cc3ccc(Cl)cc3Cl)C2)nc2ncnn12. The van der Waals surface area contributed by atoms with Gasteiger partial charge in [0, 0.05) is 29.1 Å². The molecule has 0 aliphatic carbocycles. The molecule has 3 heterocycles. The lowest BCUT2D eigenvalue weighted by atomic mass is 9.93. The van der Waals surface area contributed by atoms with Crippen LogP contribution in [-0.2, 0) is 12.7 Å². The number of rotatable bonds is 3. The van der Waals surface area contributed by atoms with Crippen LogP contribution in [0.25, 0.3) is 5.78 Å². The standard InChI is InChI=1S/C18H16Cl2F3N5/c19-13-4-3-11(14(20)6-13)8-27-5-1-2-12(9-27)15-7-16(18(21,22)23)28-17(26-15)24-10-25-28/h3-4,6-7,10,12H,1-2,5,8-9H2/t12-/m0/s1. The minimum absolute atomic E-state index is 0.0392. The number of halogens is 5. The molecule has 0 spiro atoms. The van der Waals surface area contributed by atoms with Gasteiger partial charge in [0.15, 0.2) is 5.69 Å². The molecule has 148 valence electrons. The van der Waals surface area contributed by atoms with Crippen molar-refractivity contribution in [1.82, 2.24) is 24.5 Å². The fourth-order valence-electron chi connectivity index (χ4n) is 3.57. The molecular weight excluding hydrogens is 414 g/mol. The molecule has 0 amide bonds. The Balaban J connectivity index is 1.59. The third-order valence-electron chi connectivity index (χ3n) is 4.89. The Hall–Kier alpha value is -1.90. The van der Waals surface area contributed by atoms with Crippen LogP contribution >= 0.6 is 23.2 Å². The summed E-state index contributed by atoms with van der Waals surface area (Å²) < 4.78 is 41.0. The van der Waals surface area contributed by atoms with Crippen LogP contribution in [0.4, 0.5) is 13.2 Å². The average Bonchev–Trinajstić information content (AvgIpc) is 3.11. The Labute approximate surface area is 169 Å². The number of benzene rings is 1. The highest BCUT2D eigenvalue weighted by molar-refractivity contribution is 6.35. The van der Waals surface area contributed by atoms with Crippen LogP contribution in [0.1, 0.15) is 35.7 Å². The molecule has 3 aromatic rings. The zero-order chi connectivity index (χ0) is 19.9. The molecule has 10 heteroatoms. The van der Waals surface area contributed by atoms with Crippen LogP contribution in [0.2, 0.25) is 10.0 Å². The first-order valence-corrected chi connectivity index (χ1v) is 9.51. The van der Waals surface area contributed by atoms with Gasteiger partial charge in [0.05, 0.1) is 5.69 Å². The van der Waals surface area contributed by atoms with E-state index in [0.29, 0.717) is 28.8 Å². The van der Waals surface area contributed by atoms with E-state index in [1.165, 1.54) is 0 Å². The summed E-state index contributed by atoms with van der Waals surface area (Å²) in [5.74, 6) is -0.162. The molecule has 1 aromatic carbocycles. The Bertz CT molecular complexity index is 1000. The lowest BCUT2D eigenvalue weighted by molar-refractivity contribution is -0.142. The van der Waals surface area contributed by atoms with Crippen molar-refractivity contribution in [2.24, 2.45) is 0 Å². The highest BCUT2D eigenvalue weighted by atomic mass is 35.5. The molecule has 0 unspecified atom stereocenters. The molecule has 1 atom stereocenters. The van der Waals surface area contributed by atoms with E-state index in [2.05, 4.69) is 20.0 Å². The second-order valence-corrected chi connectivity index (χ2v) is 7.69. The molecule has 28 heavy (non-hydrogen) atoms. The van der Waals surface area contributed by atoms with Gasteiger partial charge < -0.3 is 0 Å². The number of hydrogen-bond donors (Lipinski definition) is 0. The fourth-order valence-corrected chi connectivity index (χ4v) is 4.04. The summed E-state index contributed by atoms with van der Waals surface area (Å²) in [6.07, 6.45) is -1.83. The predicted molar refractivity (Wildman–Crippen MR) is 99.5 cm³/mol. The minimum Gasteiger partial charge on any atom is -0.298 e. The highest BCUT2D eigenvalue weighted by Crippen LogP contribution is 2.33. The second kappa shape index (κ2) is 7.50. The summed E-state index contributed by atoms with van der Waals surface area (Å²) in [6.45, 7) is 2.04. The number of aromatic nitrogens is 4. The number of likely N-dealkylation sites (tertiary alicyclic amines) is 1. The van der Waals surface area contributed by atoms with Crippen molar-refractivity contribution in [2.45, 2.75) is 31.5 Å². The largest absolute Gasteiger partial charge is 0.433 e. The summed E-state index contributed by atoms with van der Waals surface area (Å²) >= 11 is 12.2. The molecule has 5 nitrogen and oxygen atoms in total. The molecule has 0 bridgehead atoms. The normalized spacial score (nSPS) is 18.7. The van der Waals surface area contributed by atoms with Crippen molar-refractivity contribution in [2.75, 3.05) is 13.1 Å². The van der Waals surface area contributed by atoms with E-state index in [4.69, 9.17) is 23.2 Å². The van der Waals surface area contributed by atoms with Crippen LogP contribution in [-0.4, -0.2) is 37.6 Å². The van der Waals surface area contributed by atoms with Gasteiger partial charge in [-0.1, -0.05) is 29.3 Å². The third kappa shape index (κ3) is 3.94. The predicted octanol–water partition coefficient (Wildman–Crippen LogP) is 4.83. The average molecular weight is 430 g/mol. The lowest BCUT2D eigenvalue weighted by Gasteiger charge is -2.32. The van der Waals surface area contributed by atoms with Crippen LogP contribution < -0.4 is 0 Å². The molecule has 0 N–H and O–H groups in total. The third-order valence-corrected chi connectivity index (χ3v) is 5.48. The zero-order valence-electron chi connectivity index (χ0n) is 14.6. The first-order valence-electron chi connectivity index (χ1n) is 8.75.